The van der Waals surface area contributed by atoms with Crippen molar-refractivity contribution in [3.63, 3.8) is 0 Å². The number of nitrogens with two attached hydrogens (primary N) is 1. The second-order valence-corrected chi connectivity index (χ2v) is 7.39. The van der Waals surface area contributed by atoms with Gasteiger partial charge in [-0.05, 0) is 13.0 Å². The number of rotatable bonds is 3. The summed E-state index contributed by atoms with van der Waals surface area (Å²) in [6, 6.07) is 11.9. The van der Waals surface area contributed by atoms with Gasteiger partial charge in [0, 0.05) is 35.9 Å². The minimum Gasteiger partial charge on any atom is -0.387 e. The highest BCUT2D eigenvalue weighted by atomic mass is 16.7. The number of aliphatic hydroxyl groups is 1. The molecule has 1 saturated heterocycles. The first kappa shape index (κ1) is 18.8. The highest BCUT2D eigenvalue weighted by molar-refractivity contribution is 6.30. The Bertz CT molecular complexity index is 960. The van der Waals surface area contributed by atoms with Crippen molar-refractivity contribution >= 4 is 17.3 Å². The Morgan fingerprint density at radius 2 is 1.75 bits per heavy atom. The first-order valence-corrected chi connectivity index (χ1v) is 9.07. The Morgan fingerprint density at radius 3 is 2.43 bits per heavy atom. The molecule has 4 N–H and O–H groups in total. The number of fused-ring (bicyclic) bond motifs is 2. The van der Waals surface area contributed by atoms with Crippen molar-refractivity contribution < 1.29 is 24.2 Å². The van der Waals surface area contributed by atoms with Gasteiger partial charge in [0.05, 0.1) is 11.1 Å². The zero-order valence-corrected chi connectivity index (χ0v) is 15.6. The van der Waals surface area contributed by atoms with E-state index in [0.717, 1.165) is 0 Å². The first-order chi connectivity index (χ1) is 13.4. The molecular weight excluding hydrogens is 360 g/mol. The number of methoxy groups -OCH3 is 1. The van der Waals surface area contributed by atoms with Crippen molar-refractivity contribution in [3.8, 4) is 0 Å². The summed E-state index contributed by atoms with van der Waals surface area (Å²) in [4.78, 5) is 26.1. The molecule has 2 aromatic carbocycles. The molecule has 7 nitrogen and oxygen atoms in total. The molecule has 0 bridgehead atoms. The number of carbonyl (C=O) groups is 2. The average molecular weight is 382 g/mol. The van der Waals surface area contributed by atoms with E-state index in [1.54, 1.807) is 49.4 Å². The maximum Gasteiger partial charge on any atom is 0.196 e. The molecule has 28 heavy (non-hydrogen) atoms. The van der Waals surface area contributed by atoms with Gasteiger partial charge in [-0.3, -0.25) is 9.59 Å². The molecule has 0 radical (unpaired) electrons. The van der Waals surface area contributed by atoms with Gasteiger partial charge in [0.15, 0.2) is 17.9 Å². The van der Waals surface area contributed by atoms with Gasteiger partial charge in [-0.1, -0.05) is 36.4 Å². The highest BCUT2D eigenvalue weighted by Gasteiger charge is 2.46. The Hall–Kier alpha value is -2.58. The zero-order chi connectivity index (χ0) is 20.1. The molecule has 0 unspecified atom stereocenters. The molecule has 2 aromatic rings. The normalized spacial score (nSPS) is 29.2. The number of hydrogen-bond donors (Lipinski definition) is 3. The van der Waals surface area contributed by atoms with Crippen LogP contribution in [-0.2, 0) is 9.47 Å². The lowest BCUT2D eigenvalue weighted by Crippen LogP contribution is -2.62. The van der Waals surface area contributed by atoms with Gasteiger partial charge in [-0.2, -0.15) is 0 Å². The van der Waals surface area contributed by atoms with Gasteiger partial charge in [0.2, 0.25) is 0 Å². The van der Waals surface area contributed by atoms with Crippen LogP contribution in [0.2, 0.25) is 0 Å². The standard InChI is InChI=1S/C21H22N2O5/c1-21(10-15(27-2)28-20(22)19(21)26)23-14-9-5-8-13-16(14)18(25)12-7-4-3-6-11(12)17(13)24/h3-9,15,19-20,23,26H,10,22H2,1-2H3/t15-,19+,20-,21-/m1/s1. The number of aliphatic hydroxyl groups excluding tert-OH is 1. The molecule has 1 heterocycles. The molecule has 1 aliphatic heterocycles. The van der Waals surface area contributed by atoms with Crippen molar-refractivity contribution in [2.75, 3.05) is 12.4 Å². The maximum absolute atomic E-state index is 13.2. The Balaban J connectivity index is 1.77. The summed E-state index contributed by atoms with van der Waals surface area (Å²) in [7, 11) is 1.50. The summed E-state index contributed by atoms with van der Waals surface area (Å²) in [6.45, 7) is 1.79. The summed E-state index contributed by atoms with van der Waals surface area (Å²) in [5.74, 6) is -0.427. The van der Waals surface area contributed by atoms with Crippen LogP contribution in [0.1, 0.15) is 45.2 Å². The minimum atomic E-state index is -1.04. The van der Waals surface area contributed by atoms with Crippen molar-refractivity contribution in [3.05, 3.63) is 64.7 Å². The number of hydrogen-bond acceptors (Lipinski definition) is 7. The summed E-state index contributed by atoms with van der Waals surface area (Å²) in [5.41, 5.74) is 6.87. The van der Waals surface area contributed by atoms with Crippen molar-refractivity contribution in [1.29, 1.82) is 0 Å². The van der Waals surface area contributed by atoms with Crippen LogP contribution >= 0.6 is 0 Å². The third-order valence-corrected chi connectivity index (χ3v) is 5.50. The van der Waals surface area contributed by atoms with E-state index in [-0.39, 0.29) is 11.6 Å². The molecule has 0 saturated carbocycles. The average Bonchev–Trinajstić information content (AvgIpc) is 2.70. The Kier molecular flexibility index (Phi) is 4.55. The summed E-state index contributed by atoms with van der Waals surface area (Å²) >= 11 is 0. The number of carbonyl (C=O) groups excluding carboxylic acids is 2. The summed E-state index contributed by atoms with van der Waals surface area (Å²) < 4.78 is 10.7. The van der Waals surface area contributed by atoms with Crippen LogP contribution in [0.4, 0.5) is 5.69 Å². The lowest BCUT2D eigenvalue weighted by atomic mass is 9.81. The van der Waals surface area contributed by atoms with Crippen LogP contribution in [0.5, 0.6) is 0 Å². The quantitative estimate of drug-likeness (QED) is 0.632. The van der Waals surface area contributed by atoms with Crippen molar-refractivity contribution in [2.45, 2.75) is 37.5 Å². The molecule has 1 fully saturated rings. The fraction of sp³-hybridized carbons (Fsp3) is 0.333. The van der Waals surface area contributed by atoms with Crippen molar-refractivity contribution in [1.82, 2.24) is 0 Å². The van der Waals surface area contributed by atoms with Gasteiger partial charge in [0.25, 0.3) is 0 Å². The molecule has 146 valence electrons. The lowest BCUT2D eigenvalue weighted by Gasteiger charge is -2.45. The second kappa shape index (κ2) is 6.79. The highest BCUT2D eigenvalue weighted by Crippen LogP contribution is 2.36. The lowest BCUT2D eigenvalue weighted by molar-refractivity contribution is -0.227. The van der Waals surface area contributed by atoms with E-state index in [0.29, 0.717) is 34.4 Å². The number of ether oxygens (including phenoxy) is 2. The number of nitrogens with one attached hydrogen (secondary N) is 1. The molecule has 4 rings (SSSR count). The zero-order valence-electron chi connectivity index (χ0n) is 15.6. The first-order valence-electron chi connectivity index (χ1n) is 9.07. The molecule has 1 aliphatic carbocycles. The van der Waals surface area contributed by atoms with E-state index in [4.69, 9.17) is 15.2 Å². The molecule has 0 amide bonds. The molecule has 0 aromatic heterocycles. The number of benzene rings is 2. The van der Waals surface area contributed by atoms with Crippen LogP contribution in [-0.4, -0.2) is 47.9 Å². The molecule has 4 atom stereocenters. The SMILES string of the molecule is CO[C@H]1C[C@@](C)(Nc2cccc3c2C(=O)c2ccccc2C3=O)[C@@H](O)[C@H](N)O1. The third kappa shape index (κ3) is 2.84. The molecule has 7 heteroatoms. The van der Waals surface area contributed by atoms with Gasteiger partial charge in [-0.25, -0.2) is 0 Å². The van der Waals surface area contributed by atoms with Crippen LogP contribution in [0, 0.1) is 0 Å². The molecular formula is C21H22N2O5. The van der Waals surface area contributed by atoms with E-state index in [2.05, 4.69) is 5.32 Å². The van der Waals surface area contributed by atoms with Crippen molar-refractivity contribution in [2.24, 2.45) is 5.73 Å². The van der Waals surface area contributed by atoms with E-state index in [1.807, 2.05) is 0 Å². The van der Waals surface area contributed by atoms with E-state index < -0.39 is 24.2 Å². The fourth-order valence-corrected chi connectivity index (χ4v) is 3.95. The Labute approximate surface area is 162 Å². The van der Waals surface area contributed by atoms with Crippen LogP contribution in [0.15, 0.2) is 42.5 Å². The fourth-order valence-electron chi connectivity index (χ4n) is 3.95. The van der Waals surface area contributed by atoms with Gasteiger partial charge in [-0.15, -0.1) is 0 Å². The van der Waals surface area contributed by atoms with Crippen LogP contribution in [0.3, 0.4) is 0 Å². The summed E-state index contributed by atoms with van der Waals surface area (Å²) in [5, 5.41) is 13.9. The van der Waals surface area contributed by atoms with Gasteiger partial charge in [0.1, 0.15) is 12.3 Å². The Morgan fingerprint density at radius 1 is 1.11 bits per heavy atom. The predicted octanol–water partition coefficient (Wildman–Crippen LogP) is 1.67. The van der Waals surface area contributed by atoms with E-state index in [1.165, 1.54) is 7.11 Å². The summed E-state index contributed by atoms with van der Waals surface area (Å²) in [6.07, 6.45) is -2.29. The minimum absolute atomic E-state index is 0.196. The monoisotopic (exact) mass is 382 g/mol. The molecule has 2 aliphatic rings. The smallest absolute Gasteiger partial charge is 0.196 e. The maximum atomic E-state index is 13.2. The van der Waals surface area contributed by atoms with Crippen LogP contribution in [0.25, 0.3) is 0 Å². The second-order valence-electron chi connectivity index (χ2n) is 7.39. The third-order valence-electron chi connectivity index (χ3n) is 5.50. The van der Waals surface area contributed by atoms with Gasteiger partial charge >= 0.3 is 0 Å². The topological polar surface area (TPSA) is 111 Å². The largest absolute Gasteiger partial charge is 0.387 e. The molecule has 0 spiro atoms. The van der Waals surface area contributed by atoms with E-state index >= 15 is 0 Å². The predicted molar refractivity (Wildman–Crippen MR) is 102 cm³/mol. The number of anilines is 1. The number of ketones is 2. The van der Waals surface area contributed by atoms with Gasteiger partial charge < -0.3 is 25.6 Å². The van der Waals surface area contributed by atoms with E-state index in [9.17, 15) is 14.7 Å². The van der Waals surface area contributed by atoms with Crippen LogP contribution < -0.4 is 11.1 Å².